The molecule has 0 aliphatic carbocycles. The monoisotopic (exact) mass is 510 g/mol. The number of carbonyl (C=O) groups excluding carboxylic acids is 2. The molecular formula is C28H25F3N2O4. The zero-order chi connectivity index (χ0) is 26.9. The van der Waals surface area contributed by atoms with Gasteiger partial charge in [-0.3, -0.25) is 14.5 Å². The van der Waals surface area contributed by atoms with E-state index in [4.69, 9.17) is 4.74 Å². The third kappa shape index (κ3) is 4.64. The first-order valence-electron chi connectivity index (χ1n) is 11.7. The molecule has 3 aromatic carbocycles. The first-order chi connectivity index (χ1) is 17.7. The SMILES string of the molecule is CCN(CC)c1ccc(C2/C(=C(\O)c3cc(F)ccc3OC)C(=O)C(=O)N2c2ccc(F)c(F)c2)cc1. The van der Waals surface area contributed by atoms with Gasteiger partial charge in [-0.25, -0.2) is 13.2 Å². The number of aliphatic hydroxyl groups is 1. The summed E-state index contributed by atoms with van der Waals surface area (Å²) in [6.07, 6.45) is 0. The largest absolute Gasteiger partial charge is 0.507 e. The number of carbonyl (C=O) groups is 2. The number of hydrogen-bond donors (Lipinski definition) is 1. The maximum atomic E-state index is 14.1. The van der Waals surface area contributed by atoms with Crippen molar-refractivity contribution in [2.45, 2.75) is 19.9 Å². The van der Waals surface area contributed by atoms with Crippen LogP contribution in [0.1, 0.15) is 31.0 Å². The molecule has 4 rings (SSSR count). The molecule has 0 bridgehead atoms. The second kappa shape index (κ2) is 10.4. The van der Waals surface area contributed by atoms with Crippen LogP contribution < -0.4 is 14.5 Å². The van der Waals surface area contributed by atoms with Crippen molar-refractivity contribution in [2.75, 3.05) is 30.0 Å². The number of nitrogens with zero attached hydrogens (tertiary/aromatic N) is 2. The maximum absolute atomic E-state index is 14.1. The van der Waals surface area contributed by atoms with Crippen LogP contribution in [0.3, 0.4) is 0 Å². The molecule has 37 heavy (non-hydrogen) atoms. The summed E-state index contributed by atoms with van der Waals surface area (Å²) in [5, 5.41) is 11.2. The van der Waals surface area contributed by atoms with Gasteiger partial charge in [-0.2, -0.15) is 0 Å². The van der Waals surface area contributed by atoms with Crippen LogP contribution in [0.5, 0.6) is 5.75 Å². The molecule has 1 heterocycles. The van der Waals surface area contributed by atoms with E-state index in [2.05, 4.69) is 4.90 Å². The lowest BCUT2D eigenvalue weighted by atomic mass is 9.94. The highest BCUT2D eigenvalue weighted by Gasteiger charge is 2.47. The van der Waals surface area contributed by atoms with Crippen LogP contribution in [0.4, 0.5) is 24.5 Å². The van der Waals surface area contributed by atoms with Crippen LogP contribution in [0.2, 0.25) is 0 Å². The van der Waals surface area contributed by atoms with Crippen LogP contribution in [0, 0.1) is 17.5 Å². The van der Waals surface area contributed by atoms with Gasteiger partial charge < -0.3 is 14.7 Å². The van der Waals surface area contributed by atoms with E-state index in [-0.39, 0.29) is 22.6 Å². The van der Waals surface area contributed by atoms with E-state index in [1.165, 1.54) is 19.2 Å². The lowest BCUT2D eigenvalue weighted by molar-refractivity contribution is -0.132. The Bertz CT molecular complexity index is 1380. The van der Waals surface area contributed by atoms with E-state index in [0.717, 1.165) is 47.9 Å². The van der Waals surface area contributed by atoms with Gasteiger partial charge in [-0.1, -0.05) is 12.1 Å². The Labute approximate surface area is 212 Å². The fourth-order valence-corrected chi connectivity index (χ4v) is 4.52. The molecule has 1 atom stereocenters. The van der Waals surface area contributed by atoms with Gasteiger partial charge >= 0.3 is 0 Å². The van der Waals surface area contributed by atoms with Crippen molar-refractivity contribution >= 4 is 28.8 Å². The molecule has 1 aliphatic heterocycles. The van der Waals surface area contributed by atoms with E-state index < -0.39 is 40.9 Å². The highest BCUT2D eigenvalue weighted by atomic mass is 19.2. The number of Topliss-reactive ketones (excluding diaryl/α,β-unsaturated/α-hetero) is 1. The summed E-state index contributed by atoms with van der Waals surface area (Å²) in [6.45, 7) is 5.51. The Morgan fingerprint density at radius 3 is 2.22 bits per heavy atom. The molecule has 0 aromatic heterocycles. The molecule has 1 fully saturated rings. The lowest BCUT2D eigenvalue weighted by Gasteiger charge is -2.27. The number of amides is 1. The minimum Gasteiger partial charge on any atom is -0.507 e. The average molecular weight is 511 g/mol. The molecule has 1 unspecified atom stereocenters. The summed E-state index contributed by atoms with van der Waals surface area (Å²) in [4.78, 5) is 29.6. The normalized spacial score (nSPS) is 16.8. The van der Waals surface area contributed by atoms with Crippen LogP contribution in [-0.4, -0.2) is 37.0 Å². The quantitative estimate of drug-likeness (QED) is 0.255. The predicted octanol–water partition coefficient (Wildman–Crippen LogP) is 5.59. The Kier molecular flexibility index (Phi) is 7.24. The fourth-order valence-electron chi connectivity index (χ4n) is 4.52. The number of benzene rings is 3. The van der Waals surface area contributed by atoms with Gasteiger partial charge in [0.05, 0.1) is 24.3 Å². The van der Waals surface area contributed by atoms with E-state index in [1.54, 1.807) is 24.3 Å². The average Bonchev–Trinajstić information content (AvgIpc) is 3.16. The third-order valence-corrected chi connectivity index (χ3v) is 6.38. The first-order valence-corrected chi connectivity index (χ1v) is 11.7. The van der Waals surface area contributed by atoms with Crippen molar-refractivity contribution in [1.82, 2.24) is 0 Å². The Morgan fingerprint density at radius 1 is 0.946 bits per heavy atom. The van der Waals surface area contributed by atoms with Crippen LogP contribution in [-0.2, 0) is 9.59 Å². The molecule has 9 heteroatoms. The highest BCUT2D eigenvalue weighted by Crippen LogP contribution is 2.44. The molecule has 1 N–H and O–H groups in total. The Hall–Kier alpha value is -4.27. The molecule has 1 amide bonds. The Morgan fingerprint density at radius 2 is 1.62 bits per heavy atom. The number of ether oxygens (including phenoxy) is 1. The van der Waals surface area contributed by atoms with Crippen molar-refractivity contribution in [3.63, 3.8) is 0 Å². The minimum atomic E-state index is -1.21. The molecule has 192 valence electrons. The van der Waals surface area contributed by atoms with Gasteiger partial charge in [0.1, 0.15) is 17.3 Å². The third-order valence-electron chi connectivity index (χ3n) is 6.38. The summed E-state index contributed by atoms with van der Waals surface area (Å²) >= 11 is 0. The molecule has 0 spiro atoms. The number of halogens is 3. The second-order valence-electron chi connectivity index (χ2n) is 8.38. The number of rotatable bonds is 7. The predicted molar refractivity (Wildman–Crippen MR) is 134 cm³/mol. The summed E-state index contributed by atoms with van der Waals surface area (Å²) < 4.78 is 47.1. The topological polar surface area (TPSA) is 70.1 Å². The number of methoxy groups -OCH3 is 1. The van der Waals surface area contributed by atoms with Crippen LogP contribution >= 0.6 is 0 Å². The molecule has 1 aliphatic rings. The fraction of sp³-hybridized carbons (Fsp3) is 0.214. The number of ketones is 1. The van der Waals surface area contributed by atoms with Gasteiger partial charge in [0.25, 0.3) is 11.7 Å². The first kappa shape index (κ1) is 25.8. The molecular weight excluding hydrogens is 485 g/mol. The number of hydrogen-bond acceptors (Lipinski definition) is 5. The number of aliphatic hydroxyl groups excluding tert-OH is 1. The number of anilines is 2. The lowest BCUT2D eigenvalue weighted by Crippen LogP contribution is -2.29. The standard InChI is InChI=1S/C28H25F3N2O4/c1-4-32(5-2)18-9-6-16(7-10-18)25-24(26(34)20-14-17(29)8-13-23(20)37-3)27(35)28(36)33(25)19-11-12-21(30)22(31)15-19/h6-15,25,34H,4-5H2,1-3H3/b26-24+. The van der Waals surface area contributed by atoms with E-state index in [9.17, 15) is 27.9 Å². The van der Waals surface area contributed by atoms with Crippen LogP contribution in [0.15, 0.2) is 66.2 Å². The maximum Gasteiger partial charge on any atom is 0.300 e. The minimum absolute atomic E-state index is 0.0774. The molecule has 3 aromatic rings. The van der Waals surface area contributed by atoms with Gasteiger partial charge in [0, 0.05) is 30.5 Å². The zero-order valence-electron chi connectivity index (χ0n) is 20.5. The molecule has 1 saturated heterocycles. The molecule has 0 radical (unpaired) electrons. The zero-order valence-corrected chi connectivity index (χ0v) is 20.5. The van der Waals surface area contributed by atoms with E-state index in [1.807, 2.05) is 13.8 Å². The van der Waals surface area contributed by atoms with Crippen LogP contribution in [0.25, 0.3) is 5.76 Å². The highest BCUT2D eigenvalue weighted by molar-refractivity contribution is 6.51. The van der Waals surface area contributed by atoms with Crippen molar-refractivity contribution in [2.24, 2.45) is 0 Å². The van der Waals surface area contributed by atoms with E-state index in [0.29, 0.717) is 5.56 Å². The van der Waals surface area contributed by atoms with Gasteiger partial charge in [-0.15, -0.1) is 0 Å². The summed E-state index contributed by atoms with van der Waals surface area (Å²) in [5.74, 6) is -5.72. The summed E-state index contributed by atoms with van der Waals surface area (Å²) in [7, 11) is 1.31. The Balaban J connectivity index is 1.95. The van der Waals surface area contributed by atoms with Crippen molar-refractivity contribution in [1.29, 1.82) is 0 Å². The molecule has 0 saturated carbocycles. The molecule has 6 nitrogen and oxygen atoms in total. The van der Waals surface area contributed by atoms with Gasteiger partial charge in [0.15, 0.2) is 11.6 Å². The second-order valence-corrected chi connectivity index (χ2v) is 8.38. The van der Waals surface area contributed by atoms with Crippen molar-refractivity contribution in [3.05, 3.63) is 94.8 Å². The van der Waals surface area contributed by atoms with Gasteiger partial charge in [0.2, 0.25) is 0 Å². The summed E-state index contributed by atoms with van der Waals surface area (Å²) in [5.41, 5.74) is 0.774. The van der Waals surface area contributed by atoms with Crippen molar-refractivity contribution < 1.29 is 32.6 Å². The van der Waals surface area contributed by atoms with Gasteiger partial charge in [-0.05, 0) is 61.9 Å². The van der Waals surface area contributed by atoms with E-state index >= 15 is 0 Å². The van der Waals surface area contributed by atoms with Crippen molar-refractivity contribution in [3.8, 4) is 5.75 Å². The summed E-state index contributed by atoms with van der Waals surface area (Å²) in [6, 6.07) is 12.0. The smallest absolute Gasteiger partial charge is 0.300 e.